The summed E-state index contributed by atoms with van der Waals surface area (Å²) in [7, 11) is -3.86. The molecule has 0 aliphatic heterocycles. The Morgan fingerprint density at radius 1 is 1.09 bits per heavy atom. The van der Waals surface area contributed by atoms with E-state index in [4.69, 9.17) is 11.6 Å². The van der Waals surface area contributed by atoms with Gasteiger partial charge in [-0.2, -0.15) is 0 Å². The van der Waals surface area contributed by atoms with Gasteiger partial charge in [0.1, 0.15) is 5.69 Å². The number of amides is 1. The summed E-state index contributed by atoms with van der Waals surface area (Å²) in [6.45, 7) is 4.25. The molecule has 0 aliphatic rings. The second-order valence-corrected chi connectivity index (χ2v) is 10.1. The first-order chi connectivity index (χ1) is 15.6. The zero-order valence-electron chi connectivity index (χ0n) is 18.3. The summed E-state index contributed by atoms with van der Waals surface area (Å²) in [5.74, 6) is -0.825. The summed E-state index contributed by atoms with van der Waals surface area (Å²) >= 11 is 6.28. The van der Waals surface area contributed by atoms with Gasteiger partial charge in [0.25, 0.3) is 11.5 Å². The topological polar surface area (TPSA) is 101 Å². The van der Waals surface area contributed by atoms with Gasteiger partial charge in [-0.25, -0.2) is 13.1 Å². The number of aryl methyl sites for hydroxylation is 2. The molecule has 0 aliphatic carbocycles. The maximum absolute atomic E-state index is 13.3. The van der Waals surface area contributed by atoms with Crippen molar-refractivity contribution in [1.82, 2.24) is 14.3 Å². The van der Waals surface area contributed by atoms with E-state index in [9.17, 15) is 18.0 Å². The molecule has 4 rings (SSSR count). The second kappa shape index (κ2) is 8.53. The van der Waals surface area contributed by atoms with Crippen molar-refractivity contribution in [1.29, 1.82) is 0 Å². The lowest BCUT2D eigenvalue weighted by Crippen LogP contribution is -2.32. The Hall–Kier alpha value is -3.36. The van der Waals surface area contributed by atoms with E-state index in [1.54, 1.807) is 34.9 Å². The number of aromatic nitrogens is 2. The summed E-state index contributed by atoms with van der Waals surface area (Å²) in [5.41, 5.74) is 3.92. The van der Waals surface area contributed by atoms with Crippen LogP contribution < -0.4 is 10.3 Å². The van der Waals surface area contributed by atoms with Gasteiger partial charge in [-0.05, 0) is 60.9 Å². The molecule has 2 N–H and O–H groups in total. The number of hydrogen-bond donors (Lipinski definition) is 2. The molecule has 9 heteroatoms. The maximum atomic E-state index is 13.3. The number of halogens is 1. The summed E-state index contributed by atoms with van der Waals surface area (Å²) < 4.78 is 27.7. The van der Waals surface area contributed by atoms with E-state index < -0.39 is 21.5 Å². The van der Waals surface area contributed by atoms with Crippen LogP contribution in [-0.2, 0) is 16.6 Å². The van der Waals surface area contributed by atoms with E-state index >= 15 is 0 Å². The third-order valence-corrected chi connectivity index (χ3v) is 6.36. The minimum Gasteiger partial charge on any atom is -0.331 e. The number of carbonyl (C=O) groups excluding carboxylic acids is 1. The average molecular weight is 484 g/mol. The van der Waals surface area contributed by atoms with E-state index in [0.717, 1.165) is 22.9 Å². The number of sulfonamides is 1. The number of benzene rings is 2. The predicted molar refractivity (Wildman–Crippen MR) is 130 cm³/mol. The smallest absolute Gasteiger partial charge is 0.282 e. The highest BCUT2D eigenvalue weighted by atomic mass is 35.5. The minimum absolute atomic E-state index is 0.0667. The molecular weight excluding hydrogens is 462 g/mol. The highest BCUT2D eigenvalue weighted by Gasteiger charge is 2.27. The normalized spacial score (nSPS) is 11.6. The Bertz CT molecular complexity index is 1550. The van der Waals surface area contributed by atoms with Crippen molar-refractivity contribution in [2.75, 3.05) is 6.26 Å². The van der Waals surface area contributed by atoms with Gasteiger partial charge in [-0.3, -0.25) is 9.59 Å². The van der Waals surface area contributed by atoms with Crippen LogP contribution in [0.15, 0.2) is 59.5 Å². The highest BCUT2D eigenvalue weighted by Crippen LogP contribution is 2.36. The molecule has 170 valence electrons. The zero-order valence-corrected chi connectivity index (χ0v) is 19.8. The van der Waals surface area contributed by atoms with Crippen LogP contribution in [0.4, 0.5) is 0 Å². The molecule has 0 spiro atoms. The van der Waals surface area contributed by atoms with Crippen LogP contribution >= 0.6 is 11.6 Å². The first-order valence-corrected chi connectivity index (χ1v) is 12.4. The average Bonchev–Trinajstić information content (AvgIpc) is 3.03. The van der Waals surface area contributed by atoms with Crippen LogP contribution in [0.3, 0.4) is 0 Å². The third-order valence-electron chi connectivity index (χ3n) is 5.57. The Balaban J connectivity index is 2.12. The van der Waals surface area contributed by atoms with Gasteiger partial charge in [0.05, 0.1) is 6.26 Å². The predicted octanol–water partition coefficient (Wildman–Crippen LogP) is 4.00. The molecule has 0 bridgehead atoms. The Morgan fingerprint density at radius 2 is 1.79 bits per heavy atom. The standard InChI is InChI=1S/C24H22ClN3O4S/c1-14-6-4-7-15(2)19(14)13-28-20-10-9-16(25)12-18(20)21(17-8-5-11-26-23(17)29)22(28)24(30)27-33(3,31)32/h4-12H,13H2,1-3H3,(H,26,29)(H,27,30). The lowest BCUT2D eigenvalue weighted by atomic mass is 10.0. The molecule has 33 heavy (non-hydrogen) atoms. The molecule has 7 nitrogen and oxygen atoms in total. The van der Waals surface area contributed by atoms with Crippen LogP contribution in [0.5, 0.6) is 0 Å². The third kappa shape index (κ3) is 4.44. The first kappa shape index (κ1) is 22.8. The molecule has 0 saturated heterocycles. The van der Waals surface area contributed by atoms with Crippen LogP contribution in [0.2, 0.25) is 5.02 Å². The minimum atomic E-state index is -3.86. The molecule has 2 heterocycles. The lowest BCUT2D eigenvalue weighted by Gasteiger charge is -2.15. The van der Waals surface area contributed by atoms with E-state index in [1.807, 2.05) is 32.0 Å². The number of rotatable bonds is 5. The lowest BCUT2D eigenvalue weighted by molar-refractivity contribution is 0.0974. The fraction of sp³-hybridized carbons (Fsp3) is 0.167. The van der Waals surface area contributed by atoms with Crippen LogP contribution in [0, 0.1) is 13.8 Å². The van der Waals surface area contributed by atoms with Crippen molar-refractivity contribution >= 4 is 38.4 Å². The van der Waals surface area contributed by atoms with E-state index in [1.165, 1.54) is 6.20 Å². The fourth-order valence-electron chi connectivity index (χ4n) is 4.09. The molecular formula is C24H22ClN3O4S. The summed E-state index contributed by atoms with van der Waals surface area (Å²) in [4.78, 5) is 28.7. The molecule has 1 amide bonds. The number of hydrogen-bond acceptors (Lipinski definition) is 4. The van der Waals surface area contributed by atoms with Gasteiger partial charge in [-0.15, -0.1) is 0 Å². The Labute approximate surface area is 196 Å². The SMILES string of the molecule is Cc1cccc(C)c1Cn1c(C(=O)NS(C)(=O)=O)c(-c2ccc[nH]c2=O)c2cc(Cl)ccc21. The largest absolute Gasteiger partial charge is 0.331 e. The van der Waals surface area contributed by atoms with Gasteiger partial charge in [0, 0.05) is 39.8 Å². The monoisotopic (exact) mass is 483 g/mol. The van der Waals surface area contributed by atoms with Crippen molar-refractivity contribution < 1.29 is 13.2 Å². The Kier molecular flexibility index (Phi) is 5.90. The highest BCUT2D eigenvalue weighted by molar-refractivity contribution is 7.89. The van der Waals surface area contributed by atoms with Gasteiger partial charge in [0.15, 0.2) is 0 Å². The molecule has 2 aromatic heterocycles. The van der Waals surface area contributed by atoms with Crippen molar-refractivity contribution in [3.05, 3.63) is 92.5 Å². The van der Waals surface area contributed by atoms with Crippen molar-refractivity contribution in [2.45, 2.75) is 20.4 Å². The van der Waals surface area contributed by atoms with Crippen molar-refractivity contribution in [2.24, 2.45) is 0 Å². The van der Waals surface area contributed by atoms with Crippen molar-refractivity contribution in [3.63, 3.8) is 0 Å². The van der Waals surface area contributed by atoms with Gasteiger partial charge >= 0.3 is 0 Å². The molecule has 0 fully saturated rings. The summed E-state index contributed by atoms with van der Waals surface area (Å²) in [6, 6.07) is 14.3. The fourth-order valence-corrected chi connectivity index (χ4v) is 4.70. The van der Waals surface area contributed by atoms with E-state index in [-0.39, 0.29) is 11.3 Å². The number of H-pyrrole nitrogens is 1. The Morgan fingerprint density at radius 3 is 2.42 bits per heavy atom. The second-order valence-electron chi connectivity index (χ2n) is 7.96. The molecule has 0 radical (unpaired) electrons. The summed E-state index contributed by atoms with van der Waals surface area (Å²) in [5, 5.41) is 1.000. The van der Waals surface area contributed by atoms with E-state index in [2.05, 4.69) is 9.71 Å². The number of nitrogens with zero attached hydrogens (tertiary/aromatic N) is 1. The first-order valence-electron chi connectivity index (χ1n) is 10.1. The quantitative estimate of drug-likeness (QED) is 0.448. The van der Waals surface area contributed by atoms with Crippen LogP contribution in [-0.4, -0.2) is 30.1 Å². The van der Waals surface area contributed by atoms with Crippen LogP contribution in [0.1, 0.15) is 27.2 Å². The van der Waals surface area contributed by atoms with Gasteiger partial charge in [-0.1, -0.05) is 29.8 Å². The number of carbonyl (C=O) groups is 1. The van der Waals surface area contributed by atoms with Gasteiger partial charge < -0.3 is 9.55 Å². The van der Waals surface area contributed by atoms with E-state index in [0.29, 0.717) is 28.0 Å². The zero-order chi connectivity index (χ0) is 23.9. The molecule has 0 saturated carbocycles. The molecule has 4 aromatic rings. The molecule has 0 atom stereocenters. The number of fused-ring (bicyclic) bond motifs is 1. The number of nitrogens with one attached hydrogen (secondary N) is 2. The molecule has 0 unspecified atom stereocenters. The maximum Gasteiger partial charge on any atom is 0.282 e. The van der Waals surface area contributed by atoms with Crippen LogP contribution in [0.25, 0.3) is 22.0 Å². The summed E-state index contributed by atoms with van der Waals surface area (Å²) in [6.07, 6.45) is 2.40. The number of aromatic amines is 1. The molecule has 2 aromatic carbocycles. The van der Waals surface area contributed by atoms with Gasteiger partial charge in [0.2, 0.25) is 10.0 Å². The van der Waals surface area contributed by atoms with Crippen molar-refractivity contribution in [3.8, 4) is 11.1 Å². The number of pyridine rings is 1.